The lowest BCUT2D eigenvalue weighted by molar-refractivity contribution is 0.0521. The first kappa shape index (κ1) is 12.0. The Morgan fingerprint density at radius 3 is 2.79 bits per heavy atom. The number of fused-ring (bicyclic) bond motifs is 1. The number of thioether (sulfide) groups is 1. The van der Waals surface area contributed by atoms with E-state index in [1.165, 1.54) is 11.8 Å². The average molecular weight is 274 g/mol. The van der Waals surface area contributed by atoms with Crippen molar-refractivity contribution in [3.63, 3.8) is 0 Å². The summed E-state index contributed by atoms with van der Waals surface area (Å²) in [5, 5.41) is 0. The quantitative estimate of drug-likeness (QED) is 0.802. The maximum absolute atomic E-state index is 11.9. The van der Waals surface area contributed by atoms with Crippen molar-refractivity contribution in [2.75, 3.05) is 6.26 Å². The van der Waals surface area contributed by atoms with E-state index >= 15 is 0 Å². The van der Waals surface area contributed by atoms with Crippen LogP contribution in [0.15, 0.2) is 36.7 Å². The highest BCUT2D eigenvalue weighted by Crippen LogP contribution is 2.41. The molecule has 1 aromatic carbocycles. The van der Waals surface area contributed by atoms with Gasteiger partial charge in [-0.05, 0) is 18.4 Å². The van der Waals surface area contributed by atoms with Crippen LogP contribution < -0.4 is 4.74 Å². The van der Waals surface area contributed by atoms with Crippen LogP contribution in [0.5, 0.6) is 11.8 Å². The molecule has 0 spiro atoms. The SMILES string of the molecule is CSC1OC(=O)c2c(Oc3ncccn3)cccc21. The van der Waals surface area contributed by atoms with Crippen LogP contribution in [0.25, 0.3) is 0 Å². The van der Waals surface area contributed by atoms with Crippen LogP contribution in [0.1, 0.15) is 21.4 Å². The van der Waals surface area contributed by atoms with Gasteiger partial charge in [-0.3, -0.25) is 0 Å². The van der Waals surface area contributed by atoms with E-state index in [0.717, 1.165) is 5.56 Å². The standard InChI is InChI=1S/C13H10N2O3S/c1-19-12-8-4-2-5-9(10(8)11(16)18-12)17-13-14-6-3-7-15-13/h2-7,12H,1H3. The van der Waals surface area contributed by atoms with Crippen molar-refractivity contribution in [1.29, 1.82) is 0 Å². The Morgan fingerprint density at radius 2 is 2.05 bits per heavy atom. The molecule has 0 saturated carbocycles. The van der Waals surface area contributed by atoms with E-state index in [9.17, 15) is 4.79 Å². The second-order valence-corrected chi connectivity index (χ2v) is 4.73. The third-order valence-corrected chi connectivity index (χ3v) is 3.47. The molecule has 0 N–H and O–H groups in total. The van der Waals surface area contributed by atoms with Gasteiger partial charge in [0.2, 0.25) is 0 Å². The minimum atomic E-state index is -0.374. The van der Waals surface area contributed by atoms with Gasteiger partial charge in [-0.25, -0.2) is 14.8 Å². The number of benzene rings is 1. The number of hydrogen-bond donors (Lipinski definition) is 0. The van der Waals surface area contributed by atoms with Crippen LogP contribution >= 0.6 is 11.8 Å². The number of hydrogen-bond acceptors (Lipinski definition) is 6. The molecule has 96 valence electrons. The van der Waals surface area contributed by atoms with Crippen molar-refractivity contribution in [3.8, 4) is 11.8 Å². The zero-order valence-electron chi connectivity index (χ0n) is 10.1. The Hall–Kier alpha value is -2.08. The summed E-state index contributed by atoms with van der Waals surface area (Å²) < 4.78 is 10.8. The highest BCUT2D eigenvalue weighted by molar-refractivity contribution is 7.98. The van der Waals surface area contributed by atoms with Gasteiger partial charge in [-0.1, -0.05) is 12.1 Å². The second-order valence-electron chi connectivity index (χ2n) is 3.83. The number of carbonyl (C=O) groups is 1. The number of nitrogens with zero attached hydrogens (tertiary/aromatic N) is 2. The first-order chi connectivity index (χ1) is 9.29. The van der Waals surface area contributed by atoms with E-state index < -0.39 is 0 Å². The number of rotatable bonds is 3. The lowest BCUT2D eigenvalue weighted by Crippen LogP contribution is -1.99. The average Bonchev–Trinajstić information content (AvgIpc) is 2.78. The summed E-state index contributed by atoms with van der Waals surface area (Å²) >= 11 is 1.46. The Labute approximate surface area is 114 Å². The molecule has 19 heavy (non-hydrogen) atoms. The molecule has 2 heterocycles. The van der Waals surface area contributed by atoms with Gasteiger partial charge in [0.05, 0.1) is 0 Å². The predicted octanol–water partition coefficient (Wildman–Crippen LogP) is 2.80. The lowest BCUT2D eigenvalue weighted by atomic mass is 10.1. The van der Waals surface area contributed by atoms with Gasteiger partial charge < -0.3 is 9.47 Å². The summed E-state index contributed by atoms with van der Waals surface area (Å²) in [4.78, 5) is 19.8. The molecule has 1 unspecified atom stereocenters. The van der Waals surface area contributed by atoms with Gasteiger partial charge in [0, 0.05) is 18.0 Å². The second kappa shape index (κ2) is 4.89. The van der Waals surface area contributed by atoms with Gasteiger partial charge in [0.1, 0.15) is 11.3 Å². The zero-order chi connectivity index (χ0) is 13.2. The van der Waals surface area contributed by atoms with Crippen LogP contribution in [0, 0.1) is 0 Å². The first-order valence-electron chi connectivity index (χ1n) is 5.61. The van der Waals surface area contributed by atoms with E-state index in [1.807, 2.05) is 18.4 Å². The normalized spacial score (nSPS) is 16.9. The summed E-state index contributed by atoms with van der Waals surface area (Å²) in [7, 11) is 0. The summed E-state index contributed by atoms with van der Waals surface area (Å²) in [5.74, 6) is 0.0473. The largest absolute Gasteiger partial charge is 0.443 e. The van der Waals surface area contributed by atoms with Gasteiger partial charge in [-0.15, -0.1) is 11.8 Å². The van der Waals surface area contributed by atoms with Crippen molar-refractivity contribution in [1.82, 2.24) is 9.97 Å². The molecule has 0 amide bonds. The fourth-order valence-electron chi connectivity index (χ4n) is 1.88. The molecule has 0 bridgehead atoms. The molecule has 0 saturated heterocycles. The van der Waals surface area contributed by atoms with Crippen LogP contribution in [0.4, 0.5) is 0 Å². The number of aromatic nitrogens is 2. The van der Waals surface area contributed by atoms with Crippen LogP contribution in [-0.2, 0) is 4.74 Å². The smallest absolute Gasteiger partial charge is 0.343 e. The lowest BCUT2D eigenvalue weighted by Gasteiger charge is -2.07. The van der Waals surface area contributed by atoms with Crippen molar-refractivity contribution in [3.05, 3.63) is 47.8 Å². The maximum atomic E-state index is 11.9. The number of ether oxygens (including phenoxy) is 2. The molecular weight excluding hydrogens is 264 g/mol. The molecule has 3 rings (SSSR count). The summed E-state index contributed by atoms with van der Waals surface area (Å²) in [6.45, 7) is 0. The molecular formula is C13H10N2O3S. The van der Waals surface area contributed by atoms with Crippen LogP contribution in [0.2, 0.25) is 0 Å². The third kappa shape index (κ3) is 2.15. The molecule has 0 radical (unpaired) electrons. The molecule has 5 nitrogen and oxygen atoms in total. The number of carbonyl (C=O) groups excluding carboxylic acids is 1. The summed E-state index contributed by atoms with van der Waals surface area (Å²) in [5.41, 5.74) is 1.00. The van der Waals surface area contributed by atoms with Gasteiger partial charge in [0.15, 0.2) is 5.44 Å². The van der Waals surface area contributed by atoms with E-state index in [-0.39, 0.29) is 17.4 Å². The Morgan fingerprint density at radius 1 is 1.26 bits per heavy atom. The van der Waals surface area contributed by atoms with Crippen molar-refractivity contribution >= 4 is 17.7 Å². The third-order valence-electron chi connectivity index (χ3n) is 2.69. The van der Waals surface area contributed by atoms with E-state index in [2.05, 4.69) is 9.97 Å². The Kier molecular flexibility index (Phi) is 3.08. The van der Waals surface area contributed by atoms with E-state index in [4.69, 9.17) is 9.47 Å². The maximum Gasteiger partial charge on any atom is 0.343 e. The van der Waals surface area contributed by atoms with Gasteiger partial charge >= 0.3 is 12.0 Å². The first-order valence-corrected chi connectivity index (χ1v) is 6.90. The van der Waals surface area contributed by atoms with E-state index in [1.54, 1.807) is 24.5 Å². The van der Waals surface area contributed by atoms with Crippen molar-refractivity contribution < 1.29 is 14.3 Å². The fourth-order valence-corrected chi connectivity index (χ4v) is 2.51. The zero-order valence-corrected chi connectivity index (χ0v) is 10.9. The summed E-state index contributed by atoms with van der Waals surface area (Å²) in [6, 6.07) is 7.29. The molecule has 1 aromatic heterocycles. The predicted molar refractivity (Wildman–Crippen MR) is 70.2 cm³/mol. The highest BCUT2D eigenvalue weighted by atomic mass is 32.2. The summed E-state index contributed by atoms with van der Waals surface area (Å²) in [6.07, 6.45) is 5.05. The molecule has 1 aliphatic heterocycles. The van der Waals surface area contributed by atoms with Gasteiger partial charge in [0.25, 0.3) is 0 Å². The Bertz CT molecular complexity index is 619. The highest BCUT2D eigenvalue weighted by Gasteiger charge is 2.33. The minimum absolute atomic E-state index is 0.205. The Balaban J connectivity index is 2.00. The fraction of sp³-hybridized carbons (Fsp3) is 0.154. The van der Waals surface area contributed by atoms with Gasteiger partial charge in [-0.2, -0.15) is 0 Å². The number of esters is 1. The molecule has 2 aromatic rings. The molecule has 1 atom stereocenters. The number of cyclic esters (lactones) is 1. The van der Waals surface area contributed by atoms with E-state index in [0.29, 0.717) is 11.3 Å². The van der Waals surface area contributed by atoms with Crippen LogP contribution in [-0.4, -0.2) is 22.2 Å². The topological polar surface area (TPSA) is 61.3 Å². The van der Waals surface area contributed by atoms with Crippen LogP contribution in [0.3, 0.4) is 0 Å². The van der Waals surface area contributed by atoms with Crippen molar-refractivity contribution in [2.24, 2.45) is 0 Å². The minimum Gasteiger partial charge on any atom is -0.443 e. The molecule has 0 aliphatic carbocycles. The monoisotopic (exact) mass is 274 g/mol. The molecule has 1 aliphatic rings. The molecule has 6 heteroatoms. The molecule has 0 fully saturated rings. The van der Waals surface area contributed by atoms with Crippen molar-refractivity contribution in [2.45, 2.75) is 5.44 Å².